The summed E-state index contributed by atoms with van der Waals surface area (Å²) in [4.78, 5) is 22.6. The molecule has 1 atom stereocenters. The molecule has 6 nitrogen and oxygen atoms in total. The van der Waals surface area contributed by atoms with Gasteiger partial charge in [-0.15, -0.1) is 11.6 Å². The van der Waals surface area contributed by atoms with Crippen LogP contribution in [0.4, 0.5) is 17.5 Å². The molecule has 7 heteroatoms. The Morgan fingerprint density at radius 2 is 1.96 bits per heavy atom. The molecule has 1 aromatic carbocycles. The van der Waals surface area contributed by atoms with Crippen LogP contribution in [-0.4, -0.2) is 27.8 Å². The molecule has 1 amide bonds. The van der Waals surface area contributed by atoms with Crippen molar-refractivity contribution >= 4 is 35.0 Å². The highest BCUT2D eigenvalue weighted by Crippen LogP contribution is 2.36. The van der Waals surface area contributed by atoms with E-state index < -0.39 is 0 Å². The lowest BCUT2D eigenvalue weighted by Gasteiger charge is -2.37. The zero-order valence-corrected chi connectivity index (χ0v) is 16.5. The van der Waals surface area contributed by atoms with E-state index in [1.54, 1.807) is 4.90 Å². The third-order valence-corrected chi connectivity index (χ3v) is 5.35. The number of nitrogen functional groups attached to an aromatic ring is 2. The SMILES string of the molecule is CC(C)c1ccc(CCC2CCc3nc(N)nc(N)c3N2C(=O)CCl)cc1. The second kappa shape index (κ2) is 8.13. The number of rotatable bonds is 5. The third kappa shape index (κ3) is 4.16. The summed E-state index contributed by atoms with van der Waals surface area (Å²) >= 11 is 5.87. The van der Waals surface area contributed by atoms with E-state index in [1.165, 1.54) is 11.1 Å². The highest BCUT2D eigenvalue weighted by Gasteiger charge is 2.33. The van der Waals surface area contributed by atoms with Crippen LogP contribution in [0, 0.1) is 0 Å². The Morgan fingerprint density at radius 1 is 1.26 bits per heavy atom. The predicted octanol–water partition coefficient (Wildman–Crippen LogP) is 3.28. The van der Waals surface area contributed by atoms with Crippen LogP contribution in [-0.2, 0) is 17.6 Å². The molecule has 0 aliphatic carbocycles. The molecule has 0 bridgehead atoms. The lowest BCUT2D eigenvalue weighted by molar-refractivity contribution is -0.116. The summed E-state index contributed by atoms with van der Waals surface area (Å²) < 4.78 is 0. The topological polar surface area (TPSA) is 98.1 Å². The predicted molar refractivity (Wildman–Crippen MR) is 110 cm³/mol. The van der Waals surface area contributed by atoms with Gasteiger partial charge >= 0.3 is 0 Å². The third-order valence-electron chi connectivity index (χ3n) is 5.12. The second-order valence-corrected chi connectivity index (χ2v) is 7.55. The first kappa shape index (κ1) is 19.4. The maximum atomic E-state index is 12.6. The fourth-order valence-electron chi connectivity index (χ4n) is 3.66. The first-order valence-corrected chi connectivity index (χ1v) is 9.82. The summed E-state index contributed by atoms with van der Waals surface area (Å²) in [6.07, 6.45) is 3.22. The van der Waals surface area contributed by atoms with E-state index in [0.717, 1.165) is 31.4 Å². The van der Waals surface area contributed by atoms with Gasteiger partial charge in [0.15, 0.2) is 5.82 Å². The highest BCUT2D eigenvalue weighted by atomic mass is 35.5. The molecule has 3 rings (SSSR count). The van der Waals surface area contributed by atoms with E-state index in [9.17, 15) is 4.79 Å². The number of alkyl halides is 1. The molecule has 0 saturated carbocycles. The number of carbonyl (C=O) groups is 1. The second-order valence-electron chi connectivity index (χ2n) is 7.29. The number of aryl methyl sites for hydroxylation is 2. The van der Waals surface area contributed by atoms with E-state index in [4.69, 9.17) is 23.1 Å². The fraction of sp³-hybridized carbons (Fsp3) is 0.450. The molecule has 1 aromatic heterocycles. The summed E-state index contributed by atoms with van der Waals surface area (Å²) in [5.74, 6) is 0.595. The average Bonchev–Trinajstić information content (AvgIpc) is 2.65. The first-order chi connectivity index (χ1) is 12.9. The van der Waals surface area contributed by atoms with Gasteiger partial charge < -0.3 is 16.4 Å². The Balaban J connectivity index is 1.81. The zero-order valence-electron chi connectivity index (χ0n) is 15.8. The van der Waals surface area contributed by atoms with Crippen molar-refractivity contribution in [2.45, 2.75) is 51.5 Å². The maximum Gasteiger partial charge on any atom is 0.242 e. The Hall–Kier alpha value is -2.34. The number of hydrogen-bond acceptors (Lipinski definition) is 5. The Bertz CT molecular complexity index is 822. The van der Waals surface area contributed by atoms with E-state index in [2.05, 4.69) is 48.1 Å². The lowest BCUT2D eigenvalue weighted by atomic mass is 9.93. The van der Waals surface area contributed by atoms with Crippen molar-refractivity contribution in [3.63, 3.8) is 0 Å². The Kier molecular flexibility index (Phi) is 5.85. The molecule has 2 heterocycles. The minimum Gasteiger partial charge on any atom is -0.382 e. The number of fused-ring (bicyclic) bond motifs is 1. The van der Waals surface area contributed by atoms with Gasteiger partial charge in [-0.2, -0.15) is 4.98 Å². The minimum atomic E-state index is -0.183. The first-order valence-electron chi connectivity index (χ1n) is 9.29. The molecule has 0 spiro atoms. The monoisotopic (exact) mass is 387 g/mol. The number of aromatic nitrogens is 2. The molecule has 2 aromatic rings. The van der Waals surface area contributed by atoms with E-state index >= 15 is 0 Å². The van der Waals surface area contributed by atoms with E-state index in [1.807, 2.05) is 0 Å². The van der Waals surface area contributed by atoms with Gasteiger partial charge in [0.05, 0.1) is 5.69 Å². The molecule has 1 aliphatic rings. The summed E-state index contributed by atoms with van der Waals surface area (Å²) in [6.45, 7) is 4.37. The number of anilines is 3. The number of halogens is 1. The van der Waals surface area contributed by atoms with Crippen LogP contribution >= 0.6 is 11.6 Å². The molecule has 27 heavy (non-hydrogen) atoms. The summed E-state index contributed by atoms with van der Waals surface area (Å²) in [5, 5.41) is 0. The van der Waals surface area contributed by atoms with Gasteiger partial charge in [-0.05, 0) is 42.7 Å². The van der Waals surface area contributed by atoms with Gasteiger partial charge in [-0.3, -0.25) is 4.79 Å². The summed E-state index contributed by atoms with van der Waals surface area (Å²) in [5.41, 5.74) is 15.6. The number of hydrogen-bond donors (Lipinski definition) is 2. The van der Waals surface area contributed by atoms with Crippen LogP contribution in [0.1, 0.15) is 49.4 Å². The van der Waals surface area contributed by atoms with Crippen LogP contribution in [0.5, 0.6) is 0 Å². The van der Waals surface area contributed by atoms with Gasteiger partial charge in [0, 0.05) is 6.04 Å². The van der Waals surface area contributed by atoms with Crippen LogP contribution in [0.15, 0.2) is 24.3 Å². The van der Waals surface area contributed by atoms with Gasteiger partial charge in [-0.1, -0.05) is 38.1 Å². The van der Waals surface area contributed by atoms with Crippen molar-refractivity contribution in [3.8, 4) is 0 Å². The molecular weight excluding hydrogens is 362 g/mol. The largest absolute Gasteiger partial charge is 0.382 e. The maximum absolute atomic E-state index is 12.6. The number of benzene rings is 1. The molecule has 0 saturated heterocycles. The minimum absolute atomic E-state index is 0.0167. The molecule has 0 fully saturated rings. The van der Waals surface area contributed by atoms with Gasteiger partial charge in [0.2, 0.25) is 11.9 Å². The average molecular weight is 388 g/mol. The lowest BCUT2D eigenvalue weighted by Crippen LogP contribution is -2.45. The summed E-state index contributed by atoms with van der Waals surface area (Å²) in [6, 6.07) is 8.69. The molecule has 4 N–H and O–H groups in total. The van der Waals surface area contributed by atoms with Gasteiger partial charge in [0.1, 0.15) is 11.6 Å². The van der Waals surface area contributed by atoms with Crippen molar-refractivity contribution < 1.29 is 4.79 Å². The highest BCUT2D eigenvalue weighted by molar-refractivity contribution is 6.29. The van der Waals surface area contributed by atoms with Crippen molar-refractivity contribution in [1.29, 1.82) is 0 Å². The number of nitrogens with two attached hydrogens (primary N) is 2. The van der Waals surface area contributed by atoms with Crippen molar-refractivity contribution in [2.24, 2.45) is 0 Å². The van der Waals surface area contributed by atoms with Crippen molar-refractivity contribution in [3.05, 3.63) is 41.1 Å². The number of carbonyl (C=O) groups excluding carboxylic acids is 1. The van der Waals surface area contributed by atoms with Crippen LogP contribution in [0.2, 0.25) is 0 Å². The molecule has 0 radical (unpaired) electrons. The zero-order chi connectivity index (χ0) is 19.6. The number of amides is 1. The Labute approximate surface area is 164 Å². The van der Waals surface area contributed by atoms with Crippen LogP contribution < -0.4 is 16.4 Å². The smallest absolute Gasteiger partial charge is 0.242 e. The van der Waals surface area contributed by atoms with Crippen molar-refractivity contribution in [2.75, 3.05) is 22.2 Å². The fourth-order valence-corrected chi connectivity index (χ4v) is 3.79. The number of nitrogens with zero attached hydrogens (tertiary/aromatic N) is 3. The van der Waals surface area contributed by atoms with E-state index in [0.29, 0.717) is 11.6 Å². The standard InChI is InChI=1S/C20H26ClN5O/c1-12(2)14-6-3-13(4-7-14)5-8-15-9-10-16-18(26(15)17(27)11-21)19(22)25-20(23)24-16/h3-4,6-7,12,15H,5,8-11H2,1-2H3,(H4,22,23,24,25). The normalized spacial score (nSPS) is 16.4. The van der Waals surface area contributed by atoms with E-state index in [-0.39, 0.29) is 29.6 Å². The molecule has 1 aliphatic heterocycles. The molecule has 1 unspecified atom stereocenters. The quantitative estimate of drug-likeness (QED) is 0.767. The van der Waals surface area contributed by atoms with Gasteiger partial charge in [-0.25, -0.2) is 4.98 Å². The van der Waals surface area contributed by atoms with Crippen LogP contribution in [0.25, 0.3) is 0 Å². The Morgan fingerprint density at radius 3 is 2.59 bits per heavy atom. The molecular formula is C20H26ClN5O. The van der Waals surface area contributed by atoms with Crippen molar-refractivity contribution in [1.82, 2.24) is 9.97 Å². The van der Waals surface area contributed by atoms with Crippen LogP contribution in [0.3, 0.4) is 0 Å². The van der Waals surface area contributed by atoms with Gasteiger partial charge in [0.25, 0.3) is 0 Å². The molecule has 144 valence electrons. The summed E-state index contributed by atoms with van der Waals surface area (Å²) in [7, 11) is 0.